The van der Waals surface area contributed by atoms with Crippen LogP contribution in [-0.2, 0) is 24.7 Å². The largest absolute Gasteiger partial charge is 0.505 e. The molecule has 1 aromatic heterocycles. The summed E-state index contributed by atoms with van der Waals surface area (Å²) >= 11 is 0. The number of ether oxygens (including phenoxy) is 1. The van der Waals surface area contributed by atoms with Gasteiger partial charge in [0.15, 0.2) is 0 Å². The highest BCUT2D eigenvalue weighted by Crippen LogP contribution is 2.22. The molecular formula is C22H22N2O4. The maximum Gasteiger partial charge on any atom is 0.146 e. The number of aliphatic hydroxyl groups excluding tert-OH is 1. The minimum absolute atomic E-state index is 0.0150. The molecule has 0 fully saturated rings. The summed E-state index contributed by atoms with van der Waals surface area (Å²) in [5.41, 5.74) is 3.39. The van der Waals surface area contributed by atoms with E-state index in [4.69, 9.17) is 9.57 Å². The lowest BCUT2D eigenvalue weighted by atomic mass is 10.1. The summed E-state index contributed by atoms with van der Waals surface area (Å²) in [7, 11) is 0. The fraction of sp³-hybridized carbons (Fsp3) is 0.182. The van der Waals surface area contributed by atoms with Crippen LogP contribution >= 0.6 is 0 Å². The van der Waals surface area contributed by atoms with E-state index in [1.165, 1.54) is 12.4 Å². The second kappa shape index (κ2) is 9.53. The number of nitrogens with zero attached hydrogens (tertiary/aromatic N) is 2. The van der Waals surface area contributed by atoms with E-state index >= 15 is 0 Å². The van der Waals surface area contributed by atoms with Gasteiger partial charge >= 0.3 is 0 Å². The van der Waals surface area contributed by atoms with E-state index < -0.39 is 0 Å². The molecule has 0 amide bonds. The lowest BCUT2D eigenvalue weighted by Gasteiger charge is -2.08. The Labute approximate surface area is 163 Å². The highest BCUT2D eigenvalue weighted by molar-refractivity contribution is 5.85. The predicted molar refractivity (Wildman–Crippen MR) is 106 cm³/mol. The number of aryl methyl sites for hydroxylation is 1. The Morgan fingerprint density at radius 3 is 2.43 bits per heavy atom. The van der Waals surface area contributed by atoms with Crippen LogP contribution < -0.4 is 4.74 Å². The average Bonchev–Trinajstić information content (AvgIpc) is 2.74. The van der Waals surface area contributed by atoms with Crippen LogP contribution in [0.1, 0.15) is 27.9 Å². The van der Waals surface area contributed by atoms with Gasteiger partial charge in [0, 0.05) is 17.3 Å². The van der Waals surface area contributed by atoms with Gasteiger partial charge in [-0.25, -0.2) is 0 Å². The van der Waals surface area contributed by atoms with Crippen LogP contribution in [0.3, 0.4) is 0 Å². The zero-order valence-corrected chi connectivity index (χ0v) is 15.6. The zero-order chi connectivity index (χ0) is 19.8. The van der Waals surface area contributed by atoms with Crippen LogP contribution in [0, 0.1) is 6.92 Å². The molecule has 0 bridgehead atoms. The van der Waals surface area contributed by atoms with Gasteiger partial charge in [-0.1, -0.05) is 47.6 Å². The van der Waals surface area contributed by atoms with E-state index in [-0.39, 0.29) is 19.0 Å². The summed E-state index contributed by atoms with van der Waals surface area (Å²) in [6.07, 6.45) is 2.89. The van der Waals surface area contributed by atoms with E-state index in [2.05, 4.69) is 10.1 Å². The molecule has 6 heteroatoms. The van der Waals surface area contributed by atoms with Crippen LogP contribution in [-0.4, -0.2) is 21.4 Å². The molecule has 0 saturated carbocycles. The second-order valence-corrected chi connectivity index (χ2v) is 6.22. The third kappa shape index (κ3) is 5.08. The van der Waals surface area contributed by atoms with Crippen LogP contribution in [0.4, 0.5) is 0 Å². The molecule has 144 valence electrons. The number of oxime groups is 1. The van der Waals surface area contributed by atoms with Crippen molar-refractivity contribution in [3.05, 3.63) is 88.7 Å². The Kier molecular flexibility index (Phi) is 6.59. The monoisotopic (exact) mass is 378 g/mol. The van der Waals surface area contributed by atoms with Gasteiger partial charge in [-0.15, -0.1) is 0 Å². The maximum atomic E-state index is 10.1. The van der Waals surface area contributed by atoms with Crippen LogP contribution in [0.2, 0.25) is 0 Å². The summed E-state index contributed by atoms with van der Waals surface area (Å²) in [6.45, 7) is 2.22. The number of aliphatic hydroxyl groups is 1. The maximum absolute atomic E-state index is 10.1. The molecule has 0 unspecified atom stereocenters. The highest BCUT2D eigenvalue weighted by Gasteiger charge is 2.09. The molecule has 3 aromatic rings. The molecule has 0 atom stereocenters. The number of aromatic nitrogens is 1. The Bertz CT molecular complexity index is 925. The third-order valence-electron chi connectivity index (χ3n) is 4.19. The highest BCUT2D eigenvalue weighted by atomic mass is 16.6. The van der Waals surface area contributed by atoms with Gasteiger partial charge in [-0.2, -0.15) is 0 Å². The van der Waals surface area contributed by atoms with Crippen LogP contribution in [0.25, 0.3) is 0 Å². The van der Waals surface area contributed by atoms with Crippen molar-refractivity contribution in [2.45, 2.75) is 26.7 Å². The molecule has 2 N–H and O–H groups in total. The third-order valence-corrected chi connectivity index (χ3v) is 4.19. The lowest BCUT2D eigenvalue weighted by molar-refractivity contribution is 0.132. The van der Waals surface area contributed by atoms with Gasteiger partial charge in [-0.05, 0) is 30.2 Å². The van der Waals surface area contributed by atoms with Crippen molar-refractivity contribution in [1.29, 1.82) is 0 Å². The molecule has 3 rings (SSSR count). The van der Waals surface area contributed by atoms with E-state index in [9.17, 15) is 10.2 Å². The first-order valence-electron chi connectivity index (χ1n) is 8.86. The quantitative estimate of drug-likeness (QED) is 0.461. The van der Waals surface area contributed by atoms with Crippen molar-refractivity contribution in [1.82, 2.24) is 4.98 Å². The summed E-state index contributed by atoms with van der Waals surface area (Å²) in [6, 6.07) is 17.6. The first-order valence-corrected chi connectivity index (χ1v) is 8.86. The van der Waals surface area contributed by atoms with Gasteiger partial charge in [0.05, 0.1) is 18.5 Å². The van der Waals surface area contributed by atoms with Gasteiger partial charge < -0.3 is 19.8 Å². The lowest BCUT2D eigenvalue weighted by Crippen LogP contribution is -1.98. The Morgan fingerprint density at radius 2 is 1.71 bits per heavy atom. The topological polar surface area (TPSA) is 84.2 Å². The van der Waals surface area contributed by atoms with Gasteiger partial charge in [-0.3, -0.25) is 4.98 Å². The minimum atomic E-state index is -0.243. The summed E-state index contributed by atoms with van der Waals surface area (Å²) < 4.78 is 5.75. The summed E-state index contributed by atoms with van der Waals surface area (Å²) in [5.74, 6) is 0.764. The number of benzene rings is 2. The summed E-state index contributed by atoms with van der Waals surface area (Å²) in [5, 5.41) is 23.3. The van der Waals surface area contributed by atoms with Crippen molar-refractivity contribution in [2.75, 3.05) is 0 Å². The molecule has 0 saturated heterocycles. The van der Waals surface area contributed by atoms with Crippen LogP contribution in [0.15, 0.2) is 65.9 Å². The normalized spacial score (nSPS) is 10.9. The van der Waals surface area contributed by atoms with E-state index in [0.29, 0.717) is 23.4 Å². The Hall–Kier alpha value is -3.38. The predicted octanol–water partition coefficient (Wildman–Crippen LogP) is 3.72. The number of rotatable bonds is 8. The molecule has 2 aromatic carbocycles. The number of hydrogen-bond acceptors (Lipinski definition) is 6. The molecule has 0 spiro atoms. The first kappa shape index (κ1) is 19.4. The van der Waals surface area contributed by atoms with Crippen molar-refractivity contribution >= 4 is 6.21 Å². The van der Waals surface area contributed by atoms with Crippen molar-refractivity contribution in [3.63, 3.8) is 0 Å². The molecule has 0 aliphatic heterocycles. The zero-order valence-electron chi connectivity index (χ0n) is 15.6. The molecule has 0 aliphatic rings. The Morgan fingerprint density at radius 1 is 1.00 bits per heavy atom. The van der Waals surface area contributed by atoms with E-state index in [1.54, 1.807) is 6.92 Å². The number of hydrogen-bond donors (Lipinski definition) is 2. The standard InChI is InChI=1S/C22H22N2O4/c1-16-22(26)21(19(13-25)11-23-16)12-24-28-15-18-7-9-20(10-8-18)27-14-17-5-3-2-4-6-17/h2-12,25-26H,13-15H2,1H3. The van der Waals surface area contributed by atoms with Crippen molar-refractivity contribution < 1.29 is 19.8 Å². The van der Waals surface area contributed by atoms with Gasteiger partial charge in [0.25, 0.3) is 0 Å². The van der Waals surface area contributed by atoms with Gasteiger partial charge in [0.1, 0.15) is 24.7 Å². The molecule has 6 nitrogen and oxygen atoms in total. The smallest absolute Gasteiger partial charge is 0.146 e. The van der Waals surface area contributed by atoms with Crippen molar-refractivity contribution in [3.8, 4) is 11.5 Å². The average molecular weight is 378 g/mol. The van der Waals surface area contributed by atoms with E-state index in [1.807, 2.05) is 54.6 Å². The molecule has 0 radical (unpaired) electrons. The molecule has 1 heterocycles. The first-order chi connectivity index (χ1) is 13.7. The van der Waals surface area contributed by atoms with Crippen molar-refractivity contribution in [2.24, 2.45) is 5.16 Å². The molecular weight excluding hydrogens is 356 g/mol. The fourth-order valence-electron chi connectivity index (χ4n) is 2.55. The second-order valence-electron chi connectivity index (χ2n) is 6.22. The fourth-order valence-corrected chi connectivity index (χ4v) is 2.55. The molecule has 28 heavy (non-hydrogen) atoms. The van der Waals surface area contributed by atoms with Crippen LogP contribution in [0.5, 0.6) is 11.5 Å². The van der Waals surface area contributed by atoms with Gasteiger partial charge in [0.2, 0.25) is 0 Å². The number of pyridine rings is 1. The Balaban J connectivity index is 1.53. The molecule has 0 aliphatic carbocycles. The SMILES string of the molecule is Cc1ncc(CO)c(C=NOCc2ccc(OCc3ccccc3)cc2)c1O. The van der Waals surface area contributed by atoms with E-state index in [0.717, 1.165) is 16.9 Å². The minimum Gasteiger partial charge on any atom is -0.505 e. The summed E-state index contributed by atoms with van der Waals surface area (Å²) in [4.78, 5) is 9.31. The number of aromatic hydroxyl groups is 1.